The van der Waals surface area contributed by atoms with Gasteiger partial charge in [-0.2, -0.15) is 26.3 Å². The minimum absolute atomic E-state index is 0.0654. The van der Waals surface area contributed by atoms with Crippen molar-refractivity contribution in [2.75, 3.05) is 6.61 Å². The number of halogens is 6. The number of hydrogen-bond acceptors (Lipinski definition) is 4. The van der Waals surface area contributed by atoms with E-state index in [9.17, 15) is 41.6 Å². The zero-order valence-corrected chi connectivity index (χ0v) is 26.1. The maximum Gasteiger partial charge on any atom is 0.441 e. The van der Waals surface area contributed by atoms with E-state index in [0.717, 1.165) is 28.2 Å². The van der Waals surface area contributed by atoms with E-state index in [4.69, 9.17) is 0 Å². The summed E-state index contributed by atoms with van der Waals surface area (Å²) in [5, 5.41) is 23.6. The Kier molecular flexibility index (Phi) is 13.9. The average molecular weight is 655 g/mol. The van der Waals surface area contributed by atoms with Gasteiger partial charge in [0.15, 0.2) is 0 Å². The van der Waals surface area contributed by atoms with Crippen LogP contribution in [0.5, 0.6) is 0 Å². The van der Waals surface area contributed by atoms with Crippen LogP contribution in [0.2, 0.25) is 0 Å². The van der Waals surface area contributed by atoms with Gasteiger partial charge in [-0.05, 0) is 17.5 Å². The van der Waals surface area contributed by atoms with Gasteiger partial charge in [-0.15, -0.1) is 0 Å². The van der Waals surface area contributed by atoms with Crippen molar-refractivity contribution in [3.63, 3.8) is 0 Å². The molecule has 0 atom stereocenters. The fourth-order valence-electron chi connectivity index (χ4n) is 4.12. The highest BCUT2D eigenvalue weighted by atomic mass is 19.3. The van der Waals surface area contributed by atoms with Crippen LogP contribution >= 0.6 is 0 Å². The van der Waals surface area contributed by atoms with Crippen LogP contribution in [0.15, 0.2) is 79.2 Å². The predicted molar refractivity (Wildman–Crippen MR) is 158 cm³/mol. The molecular formula is C32H36F6N4O4. The molecule has 0 unspecified atom stereocenters. The lowest BCUT2D eigenvalue weighted by Gasteiger charge is -2.16. The first-order valence-electron chi connectivity index (χ1n) is 14.2. The molecule has 4 rings (SSSR count). The van der Waals surface area contributed by atoms with Crippen molar-refractivity contribution in [3.05, 3.63) is 129 Å². The van der Waals surface area contributed by atoms with Crippen LogP contribution in [-0.4, -0.2) is 21.7 Å². The second-order valence-electron chi connectivity index (χ2n) is 10.2. The SMILES string of the molecule is CCCCOC(=O)C(F)(F)c1n(Cc2ccccc2)c(C)c(C)[n+]1[O-].Cc1c(C)[n+]([O-])cn1Cc1ccccc1.FC(F)=C(F)F. The van der Waals surface area contributed by atoms with Gasteiger partial charge < -0.3 is 15.2 Å². The number of nitrogens with zero attached hydrogens (tertiary/aromatic N) is 4. The van der Waals surface area contributed by atoms with Crippen LogP contribution < -0.4 is 9.46 Å². The first-order valence-corrected chi connectivity index (χ1v) is 14.2. The van der Waals surface area contributed by atoms with Crippen molar-refractivity contribution < 1.29 is 45.3 Å². The molecule has 0 saturated heterocycles. The molecule has 0 radical (unpaired) electrons. The van der Waals surface area contributed by atoms with Gasteiger partial charge in [0.2, 0.25) is 6.33 Å². The summed E-state index contributed by atoms with van der Waals surface area (Å²) in [6, 6.07) is 19.0. The van der Waals surface area contributed by atoms with Gasteiger partial charge in [0.25, 0.3) is 0 Å². The number of carbonyl (C=O) groups excluding carboxylic acids is 1. The number of hydrogen-bond donors (Lipinski definition) is 0. The molecule has 0 N–H and O–H groups in total. The zero-order chi connectivity index (χ0) is 34.6. The summed E-state index contributed by atoms with van der Waals surface area (Å²) in [5.74, 6) is -6.63. The van der Waals surface area contributed by atoms with E-state index in [1.807, 2.05) is 49.6 Å². The number of esters is 1. The lowest BCUT2D eigenvalue weighted by Crippen LogP contribution is -2.44. The Morgan fingerprint density at radius 2 is 1.30 bits per heavy atom. The Balaban J connectivity index is 0.000000294. The van der Waals surface area contributed by atoms with E-state index in [1.54, 1.807) is 37.5 Å². The molecule has 250 valence electrons. The molecule has 4 aromatic rings. The standard InChI is InChI=1S/C18H22F2N2O3.C12H14N2O.C2F4/c1-4-5-11-25-17(23)18(19,20)16-21(13(2)14(3)22(16)24)12-15-9-7-6-8-10-15;1-10-11(2)14(15)9-13(10)8-12-6-4-3-5-7-12;3-1(4)2(5)6/h6-10H,4-5,11-12H2,1-3H3;3-7,9H,8H2,1-2H3;. The molecule has 0 aliphatic heterocycles. The summed E-state index contributed by atoms with van der Waals surface area (Å²) in [7, 11) is 0. The Bertz CT molecular complexity index is 1590. The van der Waals surface area contributed by atoms with Crippen LogP contribution in [0.1, 0.15) is 59.5 Å². The number of benzene rings is 2. The van der Waals surface area contributed by atoms with Gasteiger partial charge in [-0.25, -0.2) is 23.4 Å². The number of aromatic nitrogens is 4. The van der Waals surface area contributed by atoms with Crippen LogP contribution in [0, 0.1) is 38.1 Å². The molecule has 8 nitrogen and oxygen atoms in total. The normalized spacial score (nSPS) is 10.8. The van der Waals surface area contributed by atoms with Crippen molar-refractivity contribution in [2.45, 2.75) is 66.5 Å². The van der Waals surface area contributed by atoms with E-state index < -0.39 is 29.9 Å². The first-order chi connectivity index (χ1) is 21.6. The van der Waals surface area contributed by atoms with E-state index in [2.05, 4.69) is 16.9 Å². The van der Waals surface area contributed by atoms with E-state index >= 15 is 0 Å². The largest absolute Gasteiger partial charge is 0.711 e. The topological polar surface area (TPSA) is 90.0 Å². The van der Waals surface area contributed by atoms with Crippen LogP contribution in [0.4, 0.5) is 26.3 Å². The highest BCUT2D eigenvalue weighted by molar-refractivity contribution is 5.78. The minimum Gasteiger partial charge on any atom is -0.711 e. The molecule has 0 aliphatic carbocycles. The number of carbonyl (C=O) groups is 1. The molecule has 0 bridgehead atoms. The first kappa shape index (κ1) is 37.4. The third-order valence-electron chi connectivity index (χ3n) is 7.00. The smallest absolute Gasteiger partial charge is 0.441 e. The van der Waals surface area contributed by atoms with Gasteiger partial charge in [0.1, 0.15) is 35.9 Å². The van der Waals surface area contributed by atoms with Gasteiger partial charge in [0.05, 0.1) is 6.61 Å². The van der Waals surface area contributed by atoms with Crippen molar-refractivity contribution in [1.82, 2.24) is 9.13 Å². The molecule has 2 aromatic carbocycles. The van der Waals surface area contributed by atoms with E-state index in [1.165, 1.54) is 17.1 Å². The fraction of sp³-hybridized carbons (Fsp3) is 0.344. The van der Waals surface area contributed by atoms with Crippen molar-refractivity contribution >= 4 is 5.97 Å². The van der Waals surface area contributed by atoms with Crippen LogP contribution in [0.3, 0.4) is 0 Å². The molecule has 2 aromatic heterocycles. The molecule has 0 saturated carbocycles. The number of alkyl halides is 2. The number of unbranched alkanes of at least 4 members (excludes halogenated alkanes) is 1. The molecular weight excluding hydrogens is 618 g/mol. The maximum absolute atomic E-state index is 14.7. The third kappa shape index (κ3) is 9.88. The molecule has 2 heterocycles. The average Bonchev–Trinajstić information content (AvgIpc) is 3.39. The zero-order valence-electron chi connectivity index (χ0n) is 26.1. The summed E-state index contributed by atoms with van der Waals surface area (Å²) in [4.78, 5) is 11.9. The number of ether oxygens (including phenoxy) is 1. The monoisotopic (exact) mass is 654 g/mol. The van der Waals surface area contributed by atoms with Crippen LogP contribution in [-0.2, 0) is 28.5 Å². The molecule has 0 fully saturated rings. The summed E-state index contributed by atoms with van der Waals surface area (Å²) < 4.78 is 79.3. The lowest BCUT2D eigenvalue weighted by atomic mass is 10.2. The predicted octanol–water partition coefficient (Wildman–Crippen LogP) is 7.00. The Morgan fingerprint density at radius 1 is 0.804 bits per heavy atom. The Morgan fingerprint density at radius 3 is 1.74 bits per heavy atom. The summed E-state index contributed by atoms with van der Waals surface area (Å²) in [6.07, 6.45) is -3.02. The van der Waals surface area contributed by atoms with E-state index in [0.29, 0.717) is 18.5 Å². The number of imidazole rings is 2. The van der Waals surface area contributed by atoms with Gasteiger partial charge in [0, 0.05) is 27.7 Å². The van der Waals surface area contributed by atoms with E-state index in [-0.39, 0.29) is 23.6 Å². The second kappa shape index (κ2) is 17.1. The third-order valence-corrected chi connectivity index (χ3v) is 7.00. The highest BCUT2D eigenvalue weighted by Gasteiger charge is 2.54. The van der Waals surface area contributed by atoms with Gasteiger partial charge in [-0.3, -0.25) is 0 Å². The lowest BCUT2D eigenvalue weighted by molar-refractivity contribution is -0.629. The summed E-state index contributed by atoms with van der Waals surface area (Å²) in [5.41, 5.74) is 4.26. The van der Waals surface area contributed by atoms with Gasteiger partial charge >= 0.3 is 29.9 Å². The molecule has 0 spiro atoms. The Hall–Kier alpha value is -4.75. The quantitative estimate of drug-likeness (QED) is 0.0639. The number of rotatable bonds is 9. The van der Waals surface area contributed by atoms with Crippen molar-refractivity contribution in [3.8, 4) is 0 Å². The second-order valence-corrected chi connectivity index (χ2v) is 10.2. The molecule has 0 amide bonds. The minimum atomic E-state index is -4.02. The van der Waals surface area contributed by atoms with Gasteiger partial charge in [-0.1, -0.05) is 74.0 Å². The van der Waals surface area contributed by atoms with Crippen molar-refractivity contribution in [1.29, 1.82) is 0 Å². The molecule has 46 heavy (non-hydrogen) atoms. The highest BCUT2D eigenvalue weighted by Crippen LogP contribution is 2.30. The van der Waals surface area contributed by atoms with Crippen molar-refractivity contribution in [2.24, 2.45) is 0 Å². The molecule has 14 heteroatoms. The summed E-state index contributed by atoms with van der Waals surface area (Å²) in [6.45, 7) is 9.41. The maximum atomic E-state index is 14.7. The van der Waals surface area contributed by atoms with Crippen LogP contribution in [0.25, 0.3) is 0 Å². The Labute approximate surface area is 262 Å². The summed E-state index contributed by atoms with van der Waals surface area (Å²) >= 11 is 0. The molecule has 0 aliphatic rings. The fourth-order valence-corrected chi connectivity index (χ4v) is 4.12.